The summed E-state index contributed by atoms with van der Waals surface area (Å²) in [5, 5.41) is 2.80. The number of hydrogen-bond acceptors (Lipinski definition) is 6. The van der Waals surface area contributed by atoms with Gasteiger partial charge in [0, 0.05) is 18.7 Å². The van der Waals surface area contributed by atoms with E-state index in [4.69, 9.17) is 18.9 Å². The first-order valence-electron chi connectivity index (χ1n) is 8.46. The third-order valence-corrected chi connectivity index (χ3v) is 4.68. The minimum absolute atomic E-state index is 0.537. The van der Waals surface area contributed by atoms with Gasteiger partial charge in [0.15, 0.2) is 11.5 Å². The summed E-state index contributed by atoms with van der Waals surface area (Å²) in [6.45, 7) is 10.1. The number of rotatable bonds is 4. The first kappa shape index (κ1) is 20.6. The Labute approximate surface area is 163 Å². The Bertz CT molecular complexity index is 636. The lowest BCUT2D eigenvalue weighted by atomic mass is 10.1. The minimum Gasteiger partial charge on any atom is -0.494 e. The highest BCUT2D eigenvalue weighted by Gasteiger charge is 2.28. The van der Waals surface area contributed by atoms with Crippen molar-refractivity contribution in [2.45, 2.75) is 33.3 Å². The van der Waals surface area contributed by atoms with Crippen LogP contribution in [0.3, 0.4) is 0 Å². The molecule has 1 fully saturated rings. The molecule has 0 saturated carbocycles. The summed E-state index contributed by atoms with van der Waals surface area (Å²) in [4.78, 5) is 14.4. The number of benzene rings is 1. The minimum atomic E-state index is -0.591. The molecule has 2 rings (SSSR count). The maximum atomic E-state index is 12.3. The van der Waals surface area contributed by atoms with Gasteiger partial charge in [-0.25, -0.2) is 4.79 Å². The lowest BCUT2D eigenvalue weighted by molar-refractivity contribution is 0.0635. The number of ether oxygens (including phenoxy) is 4. The van der Waals surface area contributed by atoms with E-state index in [0.717, 1.165) is 24.3 Å². The average molecular weight is 431 g/mol. The molecule has 1 aromatic carbocycles. The number of methoxy groups -OCH3 is 2. The predicted molar refractivity (Wildman–Crippen MR) is 105 cm³/mol. The number of amides is 1. The van der Waals surface area contributed by atoms with E-state index in [-0.39, 0.29) is 0 Å². The van der Waals surface area contributed by atoms with E-state index in [1.165, 1.54) is 0 Å². The van der Waals surface area contributed by atoms with Crippen molar-refractivity contribution in [1.82, 2.24) is 0 Å². The Hall–Kier alpha value is -1.67. The lowest BCUT2D eigenvalue weighted by Crippen LogP contribution is -2.37. The summed E-state index contributed by atoms with van der Waals surface area (Å²) < 4.78 is 22.8. The van der Waals surface area contributed by atoms with Gasteiger partial charge in [-0.3, -0.25) is 5.32 Å². The van der Waals surface area contributed by atoms with Crippen LogP contribution < -0.4 is 19.7 Å². The monoisotopic (exact) mass is 430 g/mol. The predicted octanol–water partition coefficient (Wildman–Crippen LogP) is 3.96. The van der Waals surface area contributed by atoms with E-state index in [0.29, 0.717) is 34.9 Å². The quantitative estimate of drug-likeness (QED) is 0.779. The van der Waals surface area contributed by atoms with Crippen LogP contribution in [0, 0.1) is 6.92 Å². The summed E-state index contributed by atoms with van der Waals surface area (Å²) in [5.74, 6) is 1.25. The largest absolute Gasteiger partial charge is 0.494 e. The molecule has 1 N–H and O–H groups in total. The second-order valence-corrected chi connectivity index (χ2v) is 7.75. The number of carbonyl (C=O) groups excluding carboxylic acids is 1. The smallest absolute Gasteiger partial charge is 0.412 e. The van der Waals surface area contributed by atoms with E-state index in [9.17, 15) is 4.79 Å². The Morgan fingerprint density at radius 1 is 1.15 bits per heavy atom. The molecule has 1 saturated heterocycles. The summed E-state index contributed by atoms with van der Waals surface area (Å²) in [6, 6.07) is 0. The van der Waals surface area contributed by atoms with Gasteiger partial charge in [0.1, 0.15) is 11.3 Å². The topological polar surface area (TPSA) is 69.3 Å². The molecule has 1 aliphatic heterocycles. The Morgan fingerprint density at radius 3 is 2.23 bits per heavy atom. The normalized spacial score (nSPS) is 14.8. The fraction of sp³-hybridized carbons (Fsp3) is 0.611. The highest BCUT2D eigenvalue weighted by molar-refractivity contribution is 9.10. The highest BCUT2D eigenvalue weighted by Crippen LogP contribution is 2.50. The van der Waals surface area contributed by atoms with Crippen molar-refractivity contribution in [3.63, 3.8) is 0 Å². The Kier molecular flexibility index (Phi) is 6.63. The van der Waals surface area contributed by atoms with E-state index in [2.05, 4.69) is 26.1 Å². The molecular weight excluding hydrogens is 404 g/mol. The first-order valence-corrected chi connectivity index (χ1v) is 9.25. The van der Waals surface area contributed by atoms with Gasteiger partial charge < -0.3 is 23.8 Å². The van der Waals surface area contributed by atoms with E-state index in [1.807, 2.05) is 27.7 Å². The molecule has 0 radical (unpaired) electrons. The van der Waals surface area contributed by atoms with Crippen molar-refractivity contribution in [2.24, 2.45) is 0 Å². The van der Waals surface area contributed by atoms with Crippen LogP contribution in [0.25, 0.3) is 0 Å². The molecule has 1 aromatic rings. The van der Waals surface area contributed by atoms with Gasteiger partial charge in [0.2, 0.25) is 0 Å². The van der Waals surface area contributed by atoms with Crippen LogP contribution in [0.1, 0.15) is 26.3 Å². The molecule has 1 heterocycles. The number of morpholine rings is 1. The van der Waals surface area contributed by atoms with Crippen LogP contribution >= 0.6 is 15.9 Å². The van der Waals surface area contributed by atoms with Gasteiger partial charge in [-0.15, -0.1) is 0 Å². The van der Waals surface area contributed by atoms with Crippen LogP contribution in [0.5, 0.6) is 11.5 Å². The van der Waals surface area contributed by atoms with Gasteiger partial charge in [0.25, 0.3) is 0 Å². The zero-order chi connectivity index (χ0) is 19.5. The van der Waals surface area contributed by atoms with Crippen molar-refractivity contribution in [1.29, 1.82) is 0 Å². The second-order valence-electron chi connectivity index (χ2n) is 6.96. The molecule has 0 atom stereocenters. The highest BCUT2D eigenvalue weighted by atomic mass is 79.9. The average Bonchev–Trinajstić information content (AvgIpc) is 2.57. The zero-order valence-electron chi connectivity index (χ0n) is 16.2. The van der Waals surface area contributed by atoms with Crippen LogP contribution in [0.15, 0.2) is 4.47 Å². The van der Waals surface area contributed by atoms with Crippen molar-refractivity contribution >= 4 is 33.4 Å². The van der Waals surface area contributed by atoms with Crippen molar-refractivity contribution in [3.8, 4) is 11.5 Å². The number of nitrogens with zero attached hydrogens (tertiary/aromatic N) is 1. The molecule has 0 aromatic heterocycles. The summed E-state index contributed by atoms with van der Waals surface area (Å²) in [7, 11) is 3.20. The molecule has 0 spiro atoms. The molecule has 8 heteroatoms. The summed E-state index contributed by atoms with van der Waals surface area (Å²) in [5.41, 5.74) is 1.60. The fourth-order valence-corrected chi connectivity index (χ4v) is 3.59. The van der Waals surface area contributed by atoms with Crippen molar-refractivity contribution in [2.75, 3.05) is 50.7 Å². The molecule has 146 valence electrons. The number of carbonyl (C=O) groups is 1. The maximum Gasteiger partial charge on any atom is 0.412 e. The van der Waals surface area contributed by atoms with Gasteiger partial charge in [-0.05, 0) is 43.6 Å². The Morgan fingerprint density at radius 2 is 1.73 bits per heavy atom. The van der Waals surface area contributed by atoms with E-state index in [1.54, 1.807) is 14.2 Å². The number of anilines is 2. The fourth-order valence-electron chi connectivity index (χ4n) is 2.84. The molecule has 7 nitrogen and oxygen atoms in total. The van der Waals surface area contributed by atoms with Crippen LogP contribution in [0.2, 0.25) is 0 Å². The molecule has 0 aliphatic carbocycles. The molecule has 26 heavy (non-hydrogen) atoms. The van der Waals surface area contributed by atoms with Gasteiger partial charge >= 0.3 is 6.09 Å². The van der Waals surface area contributed by atoms with Crippen LogP contribution in [-0.4, -0.2) is 52.2 Å². The summed E-state index contributed by atoms with van der Waals surface area (Å²) in [6.07, 6.45) is -0.537. The van der Waals surface area contributed by atoms with Gasteiger partial charge in [-0.2, -0.15) is 0 Å². The number of nitrogens with one attached hydrogen (secondary N) is 1. The molecule has 1 aliphatic rings. The number of halogens is 1. The first-order chi connectivity index (χ1) is 12.2. The molecule has 1 amide bonds. The van der Waals surface area contributed by atoms with Gasteiger partial charge in [-0.1, -0.05) is 0 Å². The van der Waals surface area contributed by atoms with Crippen LogP contribution in [-0.2, 0) is 9.47 Å². The third kappa shape index (κ3) is 4.54. The summed E-state index contributed by atoms with van der Waals surface area (Å²) >= 11 is 3.57. The third-order valence-electron chi connectivity index (χ3n) is 3.93. The van der Waals surface area contributed by atoms with Crippen molar-refractivity contribution < 1.29 is 23.7 Å². The van der Waals surface area contributed by atoms with Crippen LogP contribution in [0.4, 0.5) is 16.2 Å². The second kappa shape index (κ2) is 8.35. The lowest BCUT2D eigenvalue weighted by Gasteiger charge is -2.33. The molecule has 0 bridgehead atoms. The SMILES string of the molecule is COc1c(C)c(NC(=O)OC(C)(C)C)c(Br)c(OC)c1N1CCOCC1. The molecule has 0 unspecified atom stereocenters. The van der Waals surface area contributed by atoms with Gasteiger partial charge in [0.05, 0.1) is 37.6 Å². The number of hydrogen-bond donors (Lipinski definition) is 1. The maximum absolute atomic E-state index is 12.3. The van der Waals surface area contributed by atoms with E-state index < -0.39 is 11.7 Å². The standard InChI is InChI=1S/C18H27BrN2O5/c1-11-13(20-17(22)26-18(2,3)4)12(19)16(24-6)14(15(11)23-5)21-7-9-25-10-8-21/h7-10H2,1-6H3,(H,20,22). The van der Waals surface area contributed by atoms with E-state index >= 15 is 0 Å². The Balaban J connectivity index is 2.49. The van der Waals surface area contributed by atoms with Crippen molar-refractivity contribution in [3.05, 3.63) is 10.0 Å². The molecular formula is C18H27BrN2O5. The zero-order valence-corrected chi connectivity index (χ0v) is 17.8.